The Kier molecular flexibility index (Phi) is 8.41. The highest BCUT2D eigenvalue weighted by molar-refractivity contribution is 7.09. The molecule has 35 heavy (non-hydrogen) atoms. The number of carbonyl (C=O) groups excluding carboxylic acids is 3. The Labute approximate surface area is 207 Å². The Hall–Kier alpha value is -3.09. The van der Waals surface area contributed by atoms with Gasteiger partial charge in [0.15, 0.2) is 5.69 Å². The van der Waals surface area contributed by atoms with Gasteiger partial charge in [0.05, 0.1) is 18.9 Å². The van der Waals surface area contributed by atoms with Crippen LogP contribution < -0.4 is 16.8 Å². The molecule has 2 heterocycles. The molecule has 0 radical (unpaired) electrons. The normalized spacial score (nSPS) is 15.4. The van der Waals surface area contributed by atoms with Gasteiger partial charge in [-0.1, -0.05) is 12.1 Å². The second-order valence-corrected chi connectivity index (χ2v) is 10.1. The number of nitrogens with two attached hydrogens (primary N) is 2. The number of benzene rings is 1. The monoisotopic (exact) mass is 506 g/mol. The van der Waals surface area contributed by atoms with Crippen LogP contribution in [-0.4, -0.2) is 76.8 Å². The highest BCUT2D eigenvalue weighted by Gasteiger charge is 2.36. The van der Waals surface area contributed by atoms with Gasteiger partial charge in [0.2, 0.25) is 5.91 Å². The molecule has 1 aromatic heterocycles. The maximum absolute atomic E-state index is 13.8. The summed E-state index contributed by atoms with van der Waals surface area (Å²) in [5.41, 5.74) is 10.9. The number of ether oxygens (including phenoxy) is 1. The van der Waals surface area contributed by atoms with Crippen LogP contribution in [-0.2, 0) is 9.53 Å². The molecule has 1 fully saturated rings. The summed E-state index contributed by atoms with van der Waals surface area (Å²) in [7, 11) is 0. The molecule has 12 heteroatoms. The fourth-order valence-electron chi connectivity index (χ4n) is 3.74. The molecule has 3 rings (SSSR count). The molecule has 1 atom stereocenters. The van der Waals surface area contributed by atoms with E-state index in [4.69, 9.17) is 16.2 Å². The van der Waals surface area contributed by atoms with Gasteiger partial charge in [-0.25, -0.2) is 4.39 Å². The fourth-order valence-corrected chi connectivity index (χ4v) is 4.50. The molecule has 190 valence electrons. The van der Waals surface area contributed by atoms with Crippen LogP contribution in [0.1, 0.15) is 52.5 Å². The predicted molar refractivity (Wildman–Crippen MR) is 130 cm³/mol. The van der Waals surface area contributed by atoms with E-state index >= 15 is 0 Å². The van der Waals surface area contributed by atoms with Crippen molar-refractivity contribution in [3.8, 4) is 0 Å². The van der Waals surface area contributed by atoms with E-state index in [0.29, 0.717) is 38.4 Å². The first-order valence-electron chi connectivity index (χ1n) is 11.2. The number of primary amides is 1. The zero-order valence-corrected chi connectivity index (χ0v) is 20.9. The Morgan fingerprint density at radius 1 is 1.23 bits per heavy atom. The summed E-state index contributed by atoms with van der Waals surface area (Å²) in [6, 6.07) is 4.35. The van der Waals surface area contributed by atoms with Crippen LogP contribution in [0, 0.1) is 5.82 Å². The molecule has 0 spiro atoms. The van der Waals surface area contributed by atoms with Crippen molar-refractivity contribution in [2.45, 2.75) is 32.4 Å². The lowest BCUT2D eigenvalue weighted by atomic mass is 10.0. The molecular formula is C23H31FN6O4S. The van der Waals surface area contributed by atoms with Crippen LogP contribution >= 0.6 is 11.5 Å². The molecule has 0 saturated carbocycles. The Bertz CT molecular complexity index is 1060. The maximum Gasteiger partial charge on any atom is 0.270 e. The number of nitrogens with zero attached hydrogens (tertiary/aromatic N) is 3. The smallest absolute Gasteiger partial charge is 0.270 e. The second kappa shape index (κ2) is 11.1. The quantitative estimate of drug-likeness (QED) is 0.491. The minimum atomic E-state index is -1.08. The number of rotatable bonds is 8. The molecule has 5 N–H and O–H groups in total. The summed E-state index contributed by atoms with van der Waals surface area (Å²) in [4.78, 5) is 42.5. The van der Waals surface area contributed by atoms with Crippen molar-refractivity contribution in [1.29, 1.82) is 0 Å². The van der Waals surface area contributed by atoms with Crippen LogP contribution in [0.3, 0.4) is 0 Å². The molecule has 1 aromatic carbocycles. The molecule has 0 aliphatic carbocycles. The van der Waals surface area contributed by atoms with Gasteiger partial charge < -0.3 is 26.4 Å². The Morgan fingerprint density at radius 2 is 1.86 bits per heavy atom. The number of morpholine rings is 1. The minimum absolute atomic E-state index is 0.0106. The number of nitrogen functional groups attached to an aromatic ring is 1. The number of nitrogens with one attached hydrogen (secondary N) is 1. The average Bonchev–Trinajstić information content (AvgIpc) is 3.18. The van der Waals surface area contributed by atoms with Gasteiger partial charge >= 0.3 is 0 Å². The second-order valence-electron chi connectivity index (χ2n) is 9.28. The lowest BCUT2D eigenvalue weighted by Gasteiger charge is -2.35. The molecule has 3 amide bonds. The zero-order valence-electron chi connectivity index (χ0n) is 20.0. The van der Waals surface area contributed by atoms with Crippen molar-refractivity contribution in [1.82, 2.24) is 19.5 Å². The van der Waals surface area contributed by atoms with Gasteiger partial charge in [0, 0.05) is 31.7 Å². The van der Waals surface area contributed by atoms with E-state index in [-0.39, 0.29) is 22.8 Å². The van der Waals surface area contributed by atoms with E-state index in [2.05, 4.69) is 14.6 Å². The summed E-state index contributed by atoms with van der Waals surface area (Å²) in [5, 5.41) is 2.92. The minimum Gasteiger partial charge on any atom is -0.395 e. The van der Waals surface area contributed by atoms with Gasteiger partial charge in [-0.05, 0) is 50.0 Å². The number of carbonyl (C=O) groups is 3. The van der Waals surface area contributed by atoms with Gasteiger partial charge in [0.1, 0.15) is 16.7 Å². The van der Waals surface area contributed by atoms with Crippen LogP contribution in [0.25, 0.3) is 0 Å². The summed E-state index contributed by atoms with van der Waals surface area (Å²) in [6.07, 6.45) is 0. The highest BCUT2D eigenvalue weighted by Crippen LogP contribution is 2.29. The number of amides is 3. The van der Waals surface area contributed by atoms with E-state index in [0.717, 1.165) is 11.5 Å². The van der Waals surface area contributed by atoms with Crippen LogP contribution in [0.4, 0.5) is 10.1 Å². The summed E-state index contributed by atoms with van der Waals surface area (Å²) < 4.78 is 23.0. The molecule has 1 aliphatic heterocycles. The Morgan fingerprint density at radius 3 is 2.40 bits per heavy atom. The van der Waals surface area contributed by atoms with E-state index in [1.807, 2.05) is 20.8 Å². The van der Waals surface area contributed by atoms with Crippen molar-refractivity contribution in [3.63, 3.8) is 0 Å². The summed E-state index contributed by atoms with van der Waals surface area (Å²) in [6.45, 7) is 8.64. The van der Waals surface area contributed by atoms with E-state index in [1.54, 1.807) is 0 Å². The van der Waals surface area contributed by atoms with Gasteiger partial charge in [-0.2, -0.15) is 4.37 Å². The van der Waals surface area contributed by atoms with Crippen LogP contribution in [0.15, 0.2) is 24.3 Å². The Balaban J connectivity index is 2.03. The van der Waals surface area contributed by atoms with E-state index < -0.39 is 35.1 Å². The number of anilines is 1. The fraction of sp³-hybridized carbons (Fsp3) is 0.478. The SMILES string of the molecule is CC(C)(C)NC(=O)[C@@H](c1ccc(F)cc1)N(CCN1CCOCC1)C(=O)c1snc(C(N)=O)c1N. The topological polar surface area (TPSA) is 144 Å². The highest BCUT2D eigenvalue weighted by atomic mass is 32.1. The summed E-state index contributed by atoms with van der Waals surface area (Å²) >= 11 is 0.750. The average molecular weight is 507 g/mol. The van der Waals surface area contributed by atoms with Crippen molar-refractivity contribution in [3.05, 3.63) is 46.2 Å². The van der Waals surface area contributed by atoms with Crippen molar-refractivity contribution in [2.75, 3.05) is 45.1 Å². The van der Waals surface area contributed by atoms with Crippen LogP contribution in [0.5, 0.6) is 0 Å². The summed E-state index contributed by atoms with van der Waals surface area (Å²) in [5.74, 6) is -2.32. The molecule has 1 saturated heterocycles. The number of hydrogen-bond acceptors (Lipinski definition) is 8. The maximum atomic E-state index is 13.8. The van der Waals surface area contributed by atoms with E-state index in [9.17, 15) is 18.8 Å². The predicted octanol–water partition coefficient (Wildman–Crippen LogP) is 1.39. The number of aromatic nitrogens is 1. The van der Waals surface area contributed by atoms with Gasteiger partial charge in [0.25, 0.3) is 11.8 Å². The molecular weight excluding hydrogens is 475 g/mol. The molecule has 2 aromatic rings. The van der Waals surface area contributed by atoms with Crippen molar-refractivity contribution >= 4 is 34.9 Å². The van der Waals surface area contributed by atoms with Gasteiger partial charge in [-0.3, -0.25) is 19.3 Å². The third-order valence-corrected chi connectivity index (χ3v) is 6.27. The van der Waals surface area contributed by atoms with E-state index in [1.165, 1.54) is 29.2 Å². The molecule has 1 aliphatic rings. The molecule has 10 nitrogen and oxygen atoms in total. The number of hydrogen-bond donors (Lipinski definition) is 3. The van der Waals surface area contributed by atoms with Crippen molar-refractivity contribution in [2.24, 2.45) is 5.73 Å². The van der Waals surface area contributed by atoms with Gasteiger partial charge in [-0.15, -0.1) is 0 Å². The van der Waals surface area contributed by atoms with Crippen LogP contribution in [0.2, 0.25) is 0 Å². The number of halogens is 1. The molecule has 0 unspecified atom stereocenters. The zero-order chi connectivity index (χ0) is 25.8. The molecule has 0 bridgehead atoms. The largest absolute Gasteiger partial charge is 0.395 e. The standard InChI is InChI=1S/C23H31FN6O4S/c1-23(2,3)27-21(32)18(14-4-6-15(24)7-5-14)30(9-8-29-10-12-34-13-11-29)22(33)19-16(25)17(20(26)31)28-35-19/h4-7,18H,8-13,25H2,1-3H3,(H2,26,31)(H,27,32)/t18-/m1/s1. The first-order valence-corrected chi connectivity index (χ1v) is 12.0. The lowest BCUT2D eigenvalue weighted by Crippen LogP contribution is -2.51. The van der Waals surface area contributed by atoms with Crippen molar-refractivity contribution < 1.29 is 23.5 Å². The lowest BCUT2D eigenvalue weighted by molar-refractivity contribution is -0.127. The third kappa shape index (κ3) is 6.74. The first-order chi connectivity index (χ1) is 16.5. The first kappa shape index (κ1) is 26.5. The third-order valence-electron chi connectivity index (χ3n) is 5.42.